The van der Waals surface area contributed by atoms with E-state index >= 15 is 0 Å². The van der Waals surface area contributed by atoms with Crippen LogP contribution in [0.3, 0.4) is 0 Å². The van der Waals surface area contributed by atoms with E-state index < -0.39 is 5.41 Å². The fourth-order valence-corrected chi connectivity index (χ4v) is 4.86. The zero-order chi connectivity index (χ0) is 18.0. The summed E-state index contributed by atoms with van der Waals surface area (Å²) in [4.78, 5) is 36.9. The van der Waals surface area contributed by atoms with Crippen LogP contribution in [0.4, 0.5) is 5.69 Å². The van der Waals surface area contributed by atoms with Crippen LogP contribution in [-0.4, -0.2) is 24.8 Å². The fraction of sp³-hybridized carbons (Fsp3) is 0.550. The number of hydrogen-bond acceptors (Lipinski definition) is 4. The first-order valence-electron chi connectivity index (χ1n) is 9.10. The van der Waals surface area contributed by atoms with Crippen LogP contribution in [0.1, 0.15) is 45.1 Å². The van der Waals surface area contributed by atoms with Crippen molar-refractivity contribution in [1.29, 1.82) is 0 Å². The molecule has 0 unspecified atom stereocenters. The lowest BCUT2D eigenvalue weighted by atomic mass is 9.69. The highest BCUT2D eigenvalue weighted by molar-refractivity contribution is 6.07. The van der Waals surface area contributed by atoms with Crippen molar-refractivity contribution in [2.24, 2.45) is 17.8 Å². The molecule has 1 aromatic carbocycles. The van der Waals surface area contributed by atoms with Gasteiger partial charge in [-0.05, 0) is 43.2 Å². The molecule has 1 aliphatic heterocycles. The molecule has 3 rings (SSSR count). The van der Waals surface area contributed by atoms with E-state index in [9.17, 15) is 14.4 Å². The van der Waals surface area contributed by atoms with Gasteiger partial charge in [0.25, 0.3) is 0 Å². The van der Waals surface area contributed by atoms with Crippen molar-refractivity contribution in [2.45, 2.75) is 44.9 Å². The van der Waals surface area contributed by atoms with Gasteiger partial charge in [-0.1, -0.05) is 31.5 Å². The van der Waals surface area contributed by atoms with Gasteiger partial charge in [0.2, 0.25) is 5.91 Å². The van der Waals surface area contributed by atoms with Crippen molar-refractivity contribution >= 4 is 23.9 Å². The average molecular weight is 343 g/mol. The summed E-state index contributed by atoms with van der Waals surface area (Å²) in [5.41, 5.74) is 1.08. The Kier molecular flexibility index (Phi) is 4.93. The van der Waals surface area contributed by atoms with Gasteiger partial charge < -0.3 is 14.8 Å². The molecule has 1 N–H and O–H groups in total. The summed E-state index contributed by atoms with van der Waals surface area (Å²) in [7, 11) is 0. The maximum absolute atomic E-state index is 13.0. The Labute approximate surface area is 148 Å². The van der Waals surface area contributed by atoms with E-state index in [2.05, 4.69) is 12.2 Å². The summed E-state index contributed by atoms with van der Waals surface area (Å²) >= 11 is 0. The van der Waals surface area contributed by atoms with Crippen LogP contribution in [0.5, 0.6) is 0 Å². The van der Waals surface area contributed by atoms with E-state index in [1.165, 1.54) is 0 Å². The molecule has 0 saturated heterocycles. The second-order valence-corrected chi connectivity index (χ2v) is 7.05. The minimum atomic E-state index is -0.713. The van der Waals surface area contributed by atoms with E-state index in [1.807, 2.05) is 24.3 Å². The molecule has 1 aliphatic carbocycles. The zero-order valence-electron chi connectivity index (χ0n) is 14.8. The van der Waals surface area contributed by atoms with Gasteiger partial charge in [0.1, 0.15) is 6.29 Å². The van der Waals surface area contributed by atoms with Gasteiger partial charge in [-0.15, -0.1) is 0 Å². The number of aldehydes is 1. The summed E-state index contributed by atoms with van der Waals surface area (Å²) in [6.07, 6.45) is 3.33. The Morgan fingerprint density at radius 3 is 2.80 bits per heavy atom. The van der Waals surface area contributed by atoms with Gasteiger partial charge >= 0.3 is 5.97 Å². The Morgan fingerprint density at radius 1 is 1.36 bits per heavy atom. The van der Waals surface area contributed by atoms with Gasteiger partial charge in [-0.25, -0.2) is 0 Å². The van der Waals surface area contributed by atoms with Crippen LogP contribution >= 0.6 is 0 Å². The molecule has 1 aromatic rings. The van der Waals surface area contributed by atoms with Gasteiger partial charge in [-0.3, -0.25) is 9.59 Å². The Hall–Kier alpha value is -2.17. The number of hydrogen-bond donors (Lipinski definition) is 1. The third kappa shape index (κ3) is 2.75. The van der Waals surface area contributed by atoms with Crippen LogP contribution in [0, 0.1) is 17.8 Å². The predicted octanol–water partition coefficient (Wildman–Crippen LogP) is 3.08. The summed E-state index contributed by atoms with van der Waals surface area (Å²) in [5, 5.41) is 2.99. The Bertz CT molecular complexity index is 686. The number of esters is 1. The van der Waals surface area contributed by atoms with Crippen molar-refractivity contribution in [3.05, 3.63) is 29.8 Å². The number of anilines is 1. The first-order chi connectivity index (χ1) is 12.1. The van der Waals surface area contributed by atoms with Gasteiger partial charge in [0, 0.05) is 18.0 Å². The molecular weight excluding hydrogens is 318 g/mol. The topological polar surface area (TPSA) is 72.5 Å². The molecule has 4 atom stereocenters. The largest absolute Gasteiger partial charge is 0.466 e. The van der Waals surface area contributed by atoms with Gasteiger partial charge in [0.05, 0.1) is 12.0 Å². The number of carbonyl (C=O) groups excluding carboxylic acids is 3. The monoisotopic (exact) mass is 343 g/mol. The van der Waals surface area contributed by atoms with Crippen LogP contribution in [-0.2, 0) is 24.5 Å². The molecule has 25 heavy (non-hydrogen) atoms. The number of benzene rings is 1. The lowest BCUT2D eigenvalue weighted by Crippen LogP contribution is -2.40. The van der Waals surface area contributed by atoms with Crippen molar-refractivity contribution in [1.82, 2.24) is 0 Å². The molecule has 1 saturated carbocycles. The van der Waals surface area contributed by atoms with E-state index in [1.54, 1.807) is 6.92 Å². The summed E-state index contributed by atoms with van der Waals surface area (Å²) < 4.78 is 5.08. The lowest BCUT2D eigenvalue weighted by molar-refractivity contribution is -0.144. The lowest BCUT2D eigenvalue weighted by Gasteiger charge is -2.31. The van der Waals surface area contributed by atoms with E-state index in [4.69, 9.17) is 4.74 Å². The van der Waals surface area contributed by atoms with E-state index in [0.717, 1.165) is 30.4 Å². The molecule has 5 nitrogen and oxygen atoms in total. The summed E-state index contributed by atoms with van der Waals surface area (Å²) in [5.74, 6) is -0.881. The highest BCUT2D eigenvalue weighted by atomic mass is 16.5. The number of fused-ring (bicyclic) bond motifs is 2. The molecule has 0 bridgehead atoms. The minimum Gasteiger partial charge on any atom is -0.466 e. The first kappa shape index (κ1) is 17.6. The molecule has 1 fully saturated rings. The van der Waals surface area contributed by atoms with Gasteiger partial charge in [-0.2, -0.15) is 0 Å². The quantitative estimate of drug-likeness (QED) is 0.636. The molecule has 5 heteroatoms. The van der Waals surface area contributed by atoms with E-state index in [-0.39, 0.29) is 36.1 Å². The molecule has 1 amide bonds. The smallest absolute Gasteiger partial charge is 0.306 e. The van der Waals surface area contributed by atoms with E-state index in [0.29, 0.717) is 13.0 Å². The second-order valence-electron chi connectivity index (χ2n) is 7.05. The van der Waals surface area contributed by atoms with Gasteiger partial charge in [0.15, 0.2) is 0 Å². The molecule has 1 heterocycles. The Morgan fingerprint density at radius 2 is 2.12 bits per heavy atom. The van der Waals surface area contributed by atoms with Crippen molar-refractivity contribution in [2.75, 3.05) is 11.9 Å². The maximum atomic E-state index is 13.0. The molecule has 1 spiro atoms. The van der Waals surface area contributed by atoms with Crippen LogP contribution in [0.15, 0.2) is 24.3 Å². The third-order valence-electron chi connectivity index (χ3n) is 5.78. The van der Waals surface area contributed by atoms with Crippen LogP contribution < -0.4 is 5.32 Å². The summed E-state index contributed by atoms with van der Waals surface area (Å²) in [6.45, 7) is 4.16. The minimum absolute atomic E-state index is 0.0367. The van der Waals surface area contributed by atoms with Crippen molar-refractivity contribution in [3.8, 4) is 0 Å². The molecule has 0 radical (unpaired) electrons. The standard InChI is InChI=1S/C20H25NO4/c1-3-7-15-14(12-22)13(10-18(23)25-4-2)11-20(15)16-8-5-6-9-17(16)21-19(20)24/h5-6,8-9,12-15H,3-4,7,10-11H2,1-2H3,(H,21,24)/t13-,14+,15-,20+/m1/s1. The number of para-hydroxylation sites is 1. The van der Waals surface area contributed by atoms with Crippen molar-refractivity contribution < 1.29 is 19.1 Å². The zero-order valence-corrected chi connectivity index (χ0v) is 14.8. The second kappa shape index (κ2) is 6.98. The highest BCUT2D eigenvalue weighted by Crippen LogP contribution is 2.58. The molecule has 0 aromatic heterocycles. The van der Waals surface area contributed by atoms with Crippen molar-refractivity contribution in [3.63, 3.8) is 0 Å². The normalized spacial score (nSPS) is 30.2. The number of ether oxygens (including phenoxy) is 1. The molecule has 134 valence electrons. The third-order valence-corrected chi connectivity index (χ3v) is 5.78. The average Bonchev–Trinajstić information content (AvgIpc) is 3.04. The van der Waals surface area contributed by atoms with Crippen LogP contribution in [0.25, 0.3) is 0 Å². The predicted molar refractivity (Wildman–Crippen MR) is 94.1 cm³/mol. The Balaban J connectivity index is 2.02. The van der Waals surface area contributed by atoms with Crippen LogP contribution in [0.2, 0.25) is 0 Å². The SMILES string of the molecule is CCC[C@@H]1[C@@H](C=O)[C@H](CC(=O)OCC)C[C@]12C(=O)Nc1ccccc12. The number of amides is 1. The first-order valence-corrected chi connectivity index (χ1v) is 9.10. The maximum Gasteiger partial charge on any atom is 0.306 e. The number of carbonyl (C=O) groups is 3. The number of nitrogens with one attached hydrogen (secondary N) is 1. The molecular formula is C20H25NO4. The highest BCUT2D eigenvalue weighted by Gasteiger charge is 2.61. The summed E-state index contributed by atoms with van der Waals surface area (Å²) in [6, 6.07) is 7.71. The fourth-order valence-electron chi connectivity index (χ4n) is 4.86. The number of rotatable bonds is 6. The molecule has 2 aliphatic rings.